The van der Waals surface area contributed by atoms with Crippen LogP contribution in [0.4, 0.5) is 13.6 Å². The van der Waals surface area contributed by atoms with E-state index in [-0.39, 0.29) is 36.8 Å². The standard InChI is InChI=1S/C20H24F2N4O2/c21-15-4-2-13(3-5-15)14-8-18(19(9-14)26-7-1-6-23-26)25-11-16(22)10-17(12-25)24-20(27)28/h1-7,14,16-19,24H,8-12H2,(H,27,28)/t14?,16?,17-,18?,19?/m1/s1. The number of halogens is 2. The maximum Gasteiger partial charge on any atom is 0.404 e. The Bertz CT molecular complexity index is 799. The zero-order chi connectivity index (χ0) is 19.7. The zero-order valence-corrected chi connectivity index (χ0v) is 15.4. The van der Waals surface area contributed by atoms with Crippen LogP contribution in [0.2, 0.25) is 0 Å². The third-order valence-electron chi connectivity index (χ3n) is 5.93. The highest BCUT2D eigenvalue weighted by Gasteiger charge is 2.42. The number of likely N-dealkylation sites (tertiary alicyclic amines) is 1. The Kier molecular flexibility index (Phi) is 5.30. The lowest BCUT2D eigenvalue weighted by atomic mass is 9.96. The van der Waals surface area contributed by atoms with Crippen LogP contribution in [0.1, 0.15) is 36.8 Å². The van der Waals surface area contributed by atoms with Crippen LogP contribution in [0.25, 0.3) is 0 Å². The number of hydrogen-bond donors (Lipinski definition) is 2. The fourth-order valence-corrected chi connectivity index (χ4v) is 4.77. The normalized spacial score (nSPS) is 31.0. The highest BCUT2D eigenvalue weighted by atomic mass is 19.1. The van der Waals surface area contributed by atoms with Crippen LogP contribution in [0.3, 0.4) is 0 Å². The van der Waals surface area contributed by atoms with Gasteiger partial charge in [-0.2, -0.15) is 5.10 Å². The van der Waals surface area contributed by atoms with Crippen molar-refractivity contribution >= 4 is 6.09 Å². The van der Waals surface area contributed by atoms with Crippen LogP contribution in [-0.2, 0) is 0 Å². The molecule has 6 nitrogen and oxygen atoms in total. The van der Waals surface area contributed by atoms with Crippen molar-refractivity contribution < 1.29 is 18.7 Å². The number of piperidine rings is 1. The number of rotatable bonds is 4. The molecule has 1 amide bonds. The predicted octanol–water partition coefficient (Wildman–Crippen LogP) is 3.19. The van der Waals surface area contributed by atoms with Gasteiger partial charge in [-0.25, -0.2) is 13.6 Å². The first-order valence-electron chi connectivity index (χ1n) is 9.61. The van der Waals surface area contributed by atoms with Crippen LogP contribution in [0.5, 0.6) is 0 Å². The van der Waals surface area contributed by atoms with E-state index in [9.17, 15) is 13.6 Å². The molecule has 1 aliphatic carbocycles. The van der Waals surface area contributed by atoms with Crippen LogP contribution in [0.15, 0.2) is 42.7 Å². The lowest BCUT2D eigenvalue weighted by Gasteiger charge is -2.40. The van der Waals surface area contributed by atoms with Gasteiger partial charge in [0.1, 0.15) is 12.0 Å². The molecule has 150 valence electrons. The van der Waals surface area contributed by atoms with Crippen molar-refractivity contribution in [1.82, 2.24) is 20.0 Å². The average Bonchev–Trinajstić information content (AvgIpc) is 3.31. The number of nitrogens with zero attached hydrogens (tertiary/aromatic N) is 3. The van der Waals surface area contributed by atoms with E-state index in [0.29, 0.717) is 6.54 Å². The lowest BCUT2D eigenvalue weighted by molar-refractivity contribution is 0.0601. The molecule has 2 fully saturated rings. The van der Waals surface area contributed by atoms with Crippen LogP contribution in [0, 0.1) is 5.82 Å². The van der Waals surface area contributed by atoms with Crippen LogP contribution >= 0.6 is 0 Å². The average molecular weight is 390 g/mol. The molecule has 0 spiro atoms. The largest absolute Gasteiger partial charge is 0.465 e. The van der Waals surface area contributed by atoms with Crippen LogP contribution in [-0.4, -0.2) is 57.2 Å². The molecule has 1 aromatic heterocycles. The van der Waals surface area contributed by atoms with E-state index in [4.69, 9.17) is 5.11 Å². The van der Waals surface area contributed by atoms with Gasteiger partial charge in [0.05, 0.1) is 6.04 Å². The van der Waals surface area contributed by atoms with Crippen molar-refractivity contribution in [1.29, 1.82) is 0 Å². The smallest absolute Gasteiger partial charge is 0.404 e. The number of alkyl halides is 1. The van der Waals surface area contributed by atoms with E-state index in [1.807, 2.05) is 29.1 Å². The maximum atomic E-state index is 14.4. The van der Waals surface area contributed by atoms with Gasteiger partial charge in [0, 0.05) is 44.0 Å². The first kappa shape index (κ1) is 18.9. The Labute approximate surface area is 162 Å². The fourth-order valence-electron chi connectivity index (χ4n) is 4.77. The SMILES string of the molecule is O=C(O)N[C@@H]1CC(F)CN(C2CC(c3ccc(F)cc3)CC2n2cccn2)C1. The molecule has 28 heavy (non-hydrogen) atoms. The minimum Gasteiger partial charge on any atom is -0.465 e. The molecular weight excluding hydrogens is 366 g/mol. The molecule has 4 unspecified atom stereocenters. The second kappa shape index (κ2) is 7.87. The van der Waals surface area contributed by atoms with Gasteiger partial charge in [-0.05, 0) is 42.5 Å². The lowest BCUT2D eigenvalue weighted by Crippen LogP contribution is -2.55. The summed E-state index contributed by atoms with van der Waals surface area (Å²) in [5, 5.41) is 15.9. The summed E-state index contributed by atoms with van der Waals surface area (Å²) in [6.07, 6.45) is 3.25. The summed E-state index contributed by atoms with van der Waals surface area (Å²) in [5.74, 6) is -0.0496. The Hall–Kier alpha value is -2.48. The summed E-state index contributed by atoms with van der Waals surface area (Å²) in [6, 6.07) is 8.09. The minimum absolute atomic E-state index is 0.0339. The quantitative estimate of drug-likeness (QED) is 0.841. The highest BCUT2D eigenvalue weighted by molar-refractivity contribution is 5.64. The number of carboxylic acid groups (broad SMARTS) is 1. The number of carbonyl (C=O) groups is 1. The summed E-state index contributed by atoms with van der Waals surface area (Å²) in [4.78, 5) is 13.1. The van der Waals surface area contributed by atoms with E-state index in [1.165, 1.54) is 12.1 Å². The van der Waals surface area contributed by atoms with Gasteiger partial charge in [-0.1, -0.05) is 12.1 Å². The predicted molar refractivity (Wildman–Crippen MR) is 99.5 cm³/mol. The molecule has 1 saturated heterocycles. The number of hydrogen-bond acceptors (Lipinski definition) is 3. The van der Waals surface area contributed by atoms with Crippen molar-refractivity contribution in [3.05, 3.63) is 54.1 Å². The maximum absolute atomic E-state index is 14.4. The molecule has 1 saturated carbocycles. The van der Waals surface area contributed by atoms with E-state index in [0.717, 1.165) is 18.4 Å². The van der Waals surface area contributed by atoms with Gasteiger partial charge in [0.2, 0.25) is 0 Å². The third kappa shape index (κ3) is 4.01. The summed E-state index contributed by atoms with van der Waals surface area (Å²) in [7, 11) is 0. The summed E-state index contributed by atoms with van der Waals surface area (Å²) in [5.41, 5.74) is 1.06. The molecule has 1 aliphatic heterocycles. The molecule has 5 atom stereocenters. The summed E-state index contributed by atoms with van der Waals surface area (Å²) in [6.45, 7) is 0.766. The Morgan fingerprint density at radius 1 is 1.14 bits per heavy atom. The molecule has 2 N–H and O–H groups in total. The second-order valence-corrected chi connectivity index (χ2v) is 7.77. The Morgan fingerprint density at radius 2 is 1.89 bits per heavy atom. The number of amides is 1. The van der Waals surface area contributed by atoms with Gasteiger partial charge in [0.15, 0.2) is 0 Å². The zero-order valence-electron chi connectivity index (χ0n) is 15.4. The first-order valence-corrected chi connectivity index (χ1v) is 9.61. The van der Waals surface area contributed by atoms with Crippen molar-refractivity contribution in [3.63, 3.8) is 0 Å². The first-order chi connectivity index (χ1) is 13.5. The van der Waals surface area contributed by atoms with Crippen LogP contribution < -0.4 is 5.32 Å². The molecule has 2 aliphatic rings. The van der Waals surface area contributed by atoms with Gasteiger partial charge in [-0.15, -0.1) is 0 Å². The molecule has 0 radical (unpaired) electrons. The summed E-state index contributed by atoms with van der Waals surface area (Å²) >= 11 is 0. The Balaban J connectivity index is 1.57. The van der Waals surface area contributed by atoms with Gasteiger partial charge in [0.25, 0.3) is 0 Å². The molecular formula is C20H24F2N4O2. The molecule has 1 aromatic carbocycles. The monoisotopic (exact) mass is 390 g/mol. The van der Waals surface area contributed by atoms with E-state index < -0.39 is 18.3 Å². The van der Waals surface area contributed by atoms with Crippen molar-refractivity contribution in [2.24, 2.45) is 0 Å². The topological polar surface area (TPSA) is 70.4 Å². The van der Waals surface area contributed by atoms with Crippen molar-refractivity contribution in [2.75, 3.05) is 13.1 Å². The molecule has 2 aromatic rings. The van der Waals surface area contributed by atoms with Gasteiger partial charge in [-0.3, -0.25) is 9.58 Å². The van der Waals surface area contributed by atoms with E-state index in [2.05, 4.69) is 15.3 Å². The van der Waals surface area contributed by atoms with Crippen molar-refractivity contribution in [3.8, 4) is 0 Å². The number of benzene rings is 1. The highest BCUT2D eigenvalue weighted by Crippen LogP contribution is 2.44. The van der Waals surface area contributed by atoms with Crippen molar-refractivity contribution in [2.45, 2.75) is 49.5 Å². The van der Waals surface area contributed by atoms with E-state index >= 15 is 0 Å². The van der Waals surface area contributed by atoms with Gasteiger partial charge >= 0.3 is 6.09 Å². The second-order valence-electron chi connectivity index (χ2n) is 7.77. The fraction of sp³-hybridized carbons (Fsp3) is 0.500. The van der Waals surface area contributed by atoms with Gasteiger partial charge < -0.3 is 10.4 Å². The molecule has 4 rings (SSSR count). The number of nitrogens with one attached hydrogen (secondary N) is 1. The molecule has 8 heteroatoms. The molecule has 2 heterocycles. The molecule has 0 bridgehead atoms. The summed E-state index contributed by atoms with van der Waals surface area (Å²) < 4.78 is 29.6. The minimum atomic E-state index is -1.13. The number of aromatic nitrogens is 2. The Morgan fingerprint density at radius 3 is 2.57 bits per heavy atom. The third-order valence-corrected chi connectivity index (χ3v) is 5.93. The van der Waals surface area contributed by atoms with E-state index in [1.54, 1.807) is 6.20 Å².